The third kappa shape index (κ3) is 4.59. The number of ether oxygens (including phenoxy) is 1. The zero-order valence-corrected chi connectivity index (χ0v) is 14.5. The van der Waals surface area contributed by atoms with Crippen LogP contribution in [0.15, 0.2) is 42.5 Å². The van der Waals surface area contributed by atoms with E-state index in [1.807, 2.05) is 44.2 Å². The minimum atomic E-state index is -0.560. The van der Waals surface area contributed by atoms with Gasteiger partial charge in [0.15, 0.2) is 6.10 Å². The Hall–Kier alpha value is -2.29. The SMILES string of the molecule is Cc1ccc(NC(=O)[C@@H](C)Oc2cc(C)ccc2C(C)C)cc1. The van der Waals surface area contributed by atoms with Crippen LogP contribution in [0.3, 0.4) is 0 Å². The quantitative estimate of drug-likeness (QED) is 0.858. The van der Waals surface area contributed by atoms with Crippen molar-refractivity contribution < 1.29 is 9.53 Å². The van der Waals surface area contributed by atoms with Crippen LogP contribution in [0, 0.1) is 13.8 Å². The van der Waals surface area contributed by atoms with Crippen LogP contribution in [-0.2, 0) is 4.79 Å². The lowest BCUT2D eigenvalue weighted by Crippen LogP contribution is -2.30. The van der Waals surface area contributed by atoms with Gasteiger partial charge in [0.1, 0.15) is 5.75 Å². The third-order valence-corrected chi connectivity index (χ3v) is 3.78. The highest BCUT2D eigenvalue weighted by atomic mass is 16.5. The molecule has 0 unspecified atom stereocenters. The highest BCUT2D eigenvalue weighted by Crippen LogP contribution is 2.28. The summed E-state index contributed by atoms with van der Waals surface area (Å²) in [6, 6.07) is 13.9. The molecular formula is C20H25NO2. The fourth-order valence-corrected chi connectivity index (χ4v) is 2.35. The second kappa shape index (κ2) is 7.32. The maximum Gasteiger partial charge on any atom is 0.265 e. The molecule has 0 aliphatic carbocycles. The van der Waals surface area contributed by atoms with Gasteiger partial charge in [0.2, 0.25) is 0 Å². The van der Waals surface area contributed by atoms with Gasteiger partial charge in [0.25, 0.3) is 5.91 Å². The summed E-state index contributed by atoms with van der Waals surface area (Å²) in [5.41, 5.74) is 4.18. The first-order chi connectivity index (χ1) is 10.9. The zero-order chi connectivity index (χ0) is 17.0. The fraction of sp³-hybridized carbons (Fsp3) is 0.350. The number of hydrogen-bond donors (Lipinski definition) is 1. The molecule has 122 valence electrons. The first kappa shape index (κ1) is 17.1. The molecule has 0 saturated heterocycles. The normalized spacial score (nSPS) is 12.1. The van der Waals surface area contributed by atoms with E-state index < -0.39 is 6.10 Å². The fourth-order valence-electron chi connectivity index (χ4n) is 2.35. The number of anilines is 1. The van der Waals surface area contributed by atoms with Crippen LogP contribution >= 0.6 is 0 Å². The van der Waals surface area contributed by atoms with E-state index in [4.69, 9.17) is 4.74 Å². The Morgan fingerprint density at radius 1 is 0.957 bits per heavy atom. The Labute approximate surface area is 138 Å². The molecule has 1 amide bonds. The van der Waals surface area contributed by atoms with Gasteiger partial charge >= 0.3 is 0 Å². The van der Waals surface area contributed by atoms with Gasteiger partial charge in [-0.3, -0.25) is 4.79 Å². The molecule has 1 N–H and O–H groups in total. The molecule has 23 heavy (non-hydrogen) atoms. The number of carbonyl (C=O) groups excluding carboxylic acids is 1. The molecule has 1 atom stereocenters. The molecule has 0 saturated carbocycles. The molecule has 0 heterocycles. The van der Waals surface area contributed by atoms with Crippen LogP contribution in [0.2, 0.25) is 0 Å². The highest BCUT2D eigenvalue weighted by molar-refractivity contribution is 5.94. The molecule has 0 fully saturated rings. The molecule has 3 nitrogen and oxygen atoms in total. The summed E-state index contributed by atoms with van der Waals surface area (Å²) >= 11 is 0. The van der Waals surface area contributed by atoms with E-state index in [0.29, 0.717) is 5.92 Å². The number of aryl methyl sites for hydroxylation is 2. The number of rotatable bonds is 5. The second-order valence-electron chi connectivity index (χ2n) is 6.31. The highest BCUT2D eigenvalue weighted by Gasteiger charge is 2.17. The largest absolute Gasteiger partial charge is 0.481 e. The lowest BCUT2D eigenvalue weighted by Gasteiger charge is -2.19. The number of nitrogens with one attached hydrogen (secondary N) is 1. The predicted molar refractivity (Wildman–Crippen MR) is 95.2 cm³/mol. The van der Waals surface area contributed by atoms with E-state index in [9.17, 15) is 4.79 Å². The first-order valence-electron chi connectivity index (χ1n) is 8.01. The van der Waals surface area contributed by atoms with Crippen LogP contribution in [-0.4, -0.2) is 12.0 Å². The minimum absolute atomic E-state index is 0.148. The van der Waals surface area contributed by atoms with Crippen LogP contribution in [0.4, 0.5) is 5.69 Å². The van der Waals surface area contributed by atoms with E-state index in [-0.39, 0.29) is 5.91 Å². The van der Waals surface area contributed by atoms with Crippen molar-refractivity contribution in [2.45, 2.75) is 46.6 Å². The Kier molecular flexibility index (Phi) is 5.43. The van der Waals surface area contributed by atoms with Gasteiger partial charge in [-0.15, -0.1) is 0 Å². The summed E-state index contributed by atoms with van der Waals surface area (Å²) in [6.45, 7) is 10.1. The van der Waals surface area contributed by atoms with Gasteiger partial charge < -0.3 is 10.1 Å². The van der Waals surface area contributed by atoms with Gasteiger partial charge in [0.05, 0.1) is 0 Å². The van der Waals surface area contributed by atoms with E-state index in [1.54, 1.807) is 6.92 Å². The molecule has 3 heteroatoms. The maximum atomic E-state index is 12.3. The Balaban J connectivity index is 2.09. The van der Waals surface area contributed by atoms with E-state index >= 15 is 0 Å². The van der Waals surface area contributed by atoms with Gasteiger partial charge in [-0.25, -0.2) is 0 Å². The van der Waals surface area contributed by atoms with Gasteiger partial charge in [0, 0.05) is 5.69 Å². The Bertz CT molecular complexity index is 675. The molecule has 2 aromatic carbocycles. The third-order valence-electron chi connectivity index (χ3n) is 3.78. The molecular weight excluding hydrogens is 286 g/mol. The summed E-state index contributed by atoms with van der Waals surface area (Å²) < 4.78 is 5.93. The van der Waals surface area contributed by atoms with Gasteiger partial charge in [-0.1, -0.05) is 43.7 Å². The van der Waals surface area contributed by atoms with Crippen molar-refractivity contribution in [3.05, 3.63) is 59.2 Å². The summed E-state index contributed by atoms with van der Waals surface area (Å²) in [5.74, 6) is 0.981. The van der Waals surface area contributed by atoms with Crippen LogP contribution in [0.25, 0.3) is 0 Å². The Morgan fingerprint density at radius 3 is 2.17 bits per heavy atom. The van der Waals surface area contributed by atoms with Gasteiger partial charge in [-0.05, 0) is 56.0 Å². The lowest BCUT2D eigenvalue weighted by molar-refractivity contribution is -0.122. The smallest absolute Gasteiger partial charge is 0.265 e. The number of amides is 1. The summed E-state index contributed by atoms with van der Waals surface area (Å²) in [5, 5.41) is 2.89. The average molecular weight is 311 g/mol. The first-order valence-corrected chi connectivity index (χ1v) is 8.01. The van der Waals surface area contributed by atoms with Crippen molar-refractivity contribution in [1.82, 2.24) is 0 Å². The van der Waals surface area contributed by atoms with Crippen molar-refractivity contribution in [2.75, 3.05) is 5.32 Å². The molecule has 0 aliphatic heterocycles. The molecule has 0 aliphatic rings. The van der Waals surface area contributed by atoms with Crippen molar-refractivity contribution in [3.8, 4) is 5.75 Å². The molecule has 0 spiro atoms. The van der Waals surface area contributed by atoms with Crippen molar-refractivity contribution in [2.24, 2.45) is 0 Å². The number of hydrogen-bond acceptors (Lipinski definition) is 2. The molecule has 0 aromatic heterocycles. The van der Waals surface area contributed by atoms with Crippen LogP contribution in [0.1, 0.15) is 43.4 Å². The monoisotopic (exact) mass is 311 g/mol. The summed E-state index contributed by atoms with van der Waals surface area (Å²) in [7, 11) is 0. The number of benzene rings is 2. The van der Waals surface area contributed by atoms with Crippen LogP contribution < -0.4 is 10.1 Å². The second-order valence-corrected chi connectivity index (χ2v) is 6.31. The molecule has 0 bridgehead atoms. The number of carbonyl (C=O) groups is 1. The predicted octanol–water partition coefficient (Wildman–Crippen LogP) is 4.83. The Morgan fingerprint density at radius 2 is 1.57 bits per heavy atom. The minimum Gasteiger partial charge on any atom is -0.481 e. The maximum absolute atomic E-state index is 12.3. The van der Waals surface area contributed by atoms with E-state index in [2.05, 4.69) is 31.3 Å². The van der Waals surface area contributed by atoms with Crippen molar-refractivity contribution >= 4 is 11.6 Å². The lowest BCUT2D eigenvalue weighted by atomic mass is 10.0. The van der Waals surface area contributed by atoms with Crippen molar-refractivity contribution in [3.63, 3.8) is 0 Å². The summed E-state index contributed by atoms with van der Waals surface area (Å²) in [4.78, 5) is 12.3. The summed E-state index contributed by atoms with van der Waals surface area (Å²) in [6.07, 6.45) is -0.560. The van der Waals surface area contributed by atoms with Gasteiger partial charge in [-0.2, -0.15) is 0 Å². The molecule has 2 aromatic rings. The van der Waals surface area contributed by atoms with Crippen LogP contribution in [0.5, 0.6) is 5.75 Å². The van der Waals surface area contributed by atoms with Crippen molar-refractivity contribution in [1.29, 1.82) is 0 Å². The molecule has 0 radical (unpaired) electrons. The van der Waals surface area contributed by atoms with E-state index in [0.717, 1.165) is 28.1 Å². The van der Waals surface area contributed by atoms with E-state index in [1.165, 1.54) is 0 Å². The zero-order valence-electron chi connectivity index (χ0n) is 14.5. The standard InChI is InChI=1S/C20H25NO2/c1-13(2)18-11-8-15(4)12-19(18)23-16(5)20(22)21-17-9-6-14(3)7-10-17/h6-13,16H,1-5H3,(H,21,22)/t16-/m1/s1. The topological polar surface area (TPSA) is 38.3 Å². The molecule has 2 rings (SSSR count). The average Bonchev–Trinajstić information content (AvgIpc) is 2.49.